The van der Waals surface area contributed by atoms with E-state index in [1.807, 2.05) is 48.5 Å². The quantitative estimate of drug-likeness (QED) is 0.833. The molecule has 0 N–H and O–H groups in total. The number of rotatable bonds is 4. The summed E-state index contributed by atoms with van der Waals surface area (Å²) in [6, 6.07) is 15.3. The second-order valence-corrected chi connectivity index (χ2v) is 5.28. The lowest BCUT2D eigenvalue weighted by Crippen LogP contribution is -2.16. The molecule has 0 aliphatic carbocycles. The molecule has 0 spiro atoms. The third kappa shape index (κ3) is 3.58. The van der Waals surface area contributed by atoms with Crippen molar-refractivity contribution in [2.75, 3.05) is 0 Å². The molecular formula is C16H14N4. The van der Waals surface area contributed by atoms with E-state index in [0.717, 1.165) is 11.1 Å². The maximum atomic E-state index is 9.02. The van der Waals surface area contributed by atoms with E-state index in [2.05, 4.69) is 0 Å². The second kappa shape index (κ2) is 5.88. The monoisotopic (exact) mass is 262 g/mol. The van der Waals surface area contributed by atoms with Gasteiger partial charge in [-0.2, -0.15) is 21.0 Å². The van der Waals surface area contributed by atoms with Gasteiger partial charge in [0.1, 0.15) is 10.8 Å². The summed E-state index contributed by atoms with van der Waals surface area (Å²) in [5.41, 5.74) is -0.420. The molecule has 0 aromatic heterocycles. The predicted molar refractivity (Wildman–Crippen MR) is 72.5 cm³/mol. The van der Waals surface area contributed by atoms with Crippen molar-refractivity contribution >= 4 is 0 Å². The summed E-state index contributed by atoms with van der Waals surface area (Å²) in [4.78, 5) is 0. The highest BCUT2D eigenvalue weighted by molar-refractivity contribution is 5.30. The first-order valence-electron chi connectivity index (χ1n) is 6.13. The molecule has 0 unspecified atom stereocenters. The van der Waals surface area contributed by atoms with Gasteiger partial charge in [-0.05, 0) is 25.0 Å². The molecule has 0 aliphatic heterocycles. The van der Waals surface area contributed by atoms with Gasteiger partial charge in [-0.1, -0.05) is 24.3 Å². The Morgan fingerprint density at radius 1 is 0.800 bits per heavy atom. The molecule has 0 bridgehead atoms. The highest BCUT2D eigenvalue weighted by Gasteiger charge is 2.26. The summed E-state index contributed by atoms with van der Waals surface area (Å²) >= 11 is 0. The number of benzene rings is 1. The standard InChI is InChI=1S/C16H14N4/c1-15(9-17,10-18)7-13-4-3-5-14(6-13)8-16(2,11-19)12-20/h3-6H,7-8H2,1-2H3. The van der Waals surface area contributed by atoms with Gasteiger partial charge in [0.2, 0.25) is 0 Å². The van der Waals surface area contributed by atoms with E-state index < -0.39 is 10.8 Å². The van der Waals surface area contributed by atoms with Crippen LogP contribution in [0, 0.1) is 56.2 Å². The summed E-state index contributed by atoms with van der Waals surface area (Å²) in [5.74, 6) is 0. The molecule has 1 aromatic rings. The molecule has 20 heavy (non-hydrogen) atoms. The summed E-state index contributed by atoms with van der Waals surface area (Å²) in [7, 11) is 0. The van der Waals surface area contributed by atoms with Gasteiger partial charge < -0.3 is 0 Å². The normalized spacial score (nSPS) is 10.7. The van der Waals surface area contributed by atoms with Crippen LogP contribution in [0.3, 0.4) is 0 Å². The Bertz CT molecular complexity index is 578. The number of hydrogen-bond acceptors (Lipinski definition) is 4. The number of nitriles is 4. The number of hydrogen-bond donors (Lipinski definition) is 0. The van der Waals surface area contributed by atoms with E-state index in [0.29, 0.717) is 12.8 Å². The summed E-state index contributed by atoms with van der Waals surface area (Å²) < 4.78 is 0. The first-order valence-corrected chi connectivity index (χ1v) is 6.13. The van der Waals surface area contributed by atoms with Crippen molar-refractivity contribution in [2.24, 2.45) is 10.8 Å². The molecule has 0 aliphatic rings. The van der Waals surface area contributed by atoms with Gasteiger partial charge in [0.25, 0.3) is 0 Å². The van der Waals surface area contributed by atoms with Crippen LogP contribution in [0.1, 0.15) is 25.0 Å². The fourth-order valence-corrected chi connectivity index (χ4v) is 1.87. The van der Waals surface area contributed by atoms with Crippen molar-refractivity contribution in [2.45, 2.75) is 26.7 Å². The molecule has 0 radical (unpaired) electrons. The van der Waals surface area contributed by atoms with Crippen molar-refractivity contribution in [1.29, 1.82) is 21.0 Å². The topological polar surface area (TPSA) is 95.2 Å². The van der Waals surface area contributed by atoms with Crippen molar-refractivity contribution in [3.05, 3.63) is 35.4 Å². The Morgan fingerprint density at radius 2 is 1.15 bits per heavy atom. The molecular weight excluding hydrogens is 248 g/mol. The fraction of sp³-hybridized carbons (Fsp3) is 0.375. The van der Waals surface area contributed by atoms with Crippen molar-refractivity contribution in [1.82, 2.24) is 0 Å². The highest BCUT2D eigenvalue weighted by Crippen LogP contribution is 2.24. The average Bonchev–Trinajstić information content (AvgIpc) is 2.47. The van der Waals surface area contributed by atoms with Crippen LogP contribution < -0.4 is 0 Å². The zero-order chi connectivity index (χ0) is 15.2. The molecule has 0 amide bonds. The van der Waals surface area contributed by atoms with E-state index in [-0.39, 0.29) is 0 Å². The van der Waals surface area contributed by atoms with Crippen molar-refractivity contribution < 1.29 is 0 Å². The van der Waals surface area contributed by atoms with Crippen molar-refractivity contribution in [3.63, 3.8) is 0 Å². The summed E-state index contributed by atoms with van der Waals surface area (Å²) in [6.07, 6.45) is 0.646. The Morgan fingerprint density at radius 3 is 1.45 bits per heavy atom. The molecule has 0 fully saturated rings. The molecule has 98 valence electrons. The van der Waals surface area contributed by atoms with Crippen LogP contribution in [0.15, 0.2) is 24.3 Å². The smallest absolute Gasteiger partial charge is 0.145 e. The summed E-state index contributed by atoms with van der Waals surface area (Å²) in [5, 5.41) is 36.1. The van der Waals surface area contributed by atoms with E-state index in [1.54, 1.807) is 13.8 Å². The van der Waals surface area contributed by atoms with Crippen LogP contribution in [-0.2, 0) is 12.8 Å². The third-order valence-corrected chi connectivity index (χ3v) is 3.09. The molecule has 0 saturated heterocycles. The largest absolute Gasteiger partial charge is 0.197 e. The first kappa shape index (κ1) is 15.2. The van der Waals surface area contributed by atoms with Crippen LogP contribution in [0.5, 0.6) is 0 Å². The fourth-order valence-electron chi connectivity index (χ4n) is 1.87. The van der Waals surface area contributed by atoms with Gasteiger partial charge in [-0.25, -0.2) is 0 Å². The molecule has 1 aromatic carbocycles. The SMILES string of the molecule is CC(C#N)(C#N)Cc1cccc(CC(C)(C#N)C#N)c1. The van der Waals surface area contributed by atoms with Crippen LogP contribution in [0.4, 0.5) is 0 Å². The Kier molecular flexibility index (Phi) is 4.48. The predicted octanol–water partition coefficient (Wildman–Crippen LogP) is 2.88. The average molecular weight is 262 g/mol. The van der Waals surface area contributed by atoms with E-state index >= 15 is 0 Å². The Hall–Kier alpha value is -2.82. The maximum Gasteiger partial charge on any atom is 0.145 e. The first-order chi connectivity index (χ1) is 9.40. The molecule has 0 heterocycles. The van der Waals surface area contributed by atoms with Gasteiger partial charge in [0.15, 0.2) is 0 Å². The van der Waals surface area contributed by atoms with Gasteiger partial charge >= 0.3 is 0 Å². The Balaban J connectivity index is 3.00. The minimum Gasteiger partial charge on any atom is -0.197 e. The zero-order valence-corrected chi connectivity index (χ0v) is 11.5. The molecule has 1 rings (SSSR count). The van der Waals surface area contributed by atoms with Crippen LogP contribution >= 0.6 is 0 Å². The van der Waals surface area contributed by atoms with E-state index in [9.17, 15) is 0 Å². The van der Waals surface area contributed by atoms with Gasteiger partial charge in [0.05, 0.1) is 24.3 Å². The molecule has 0 atom stereocenters. The van der Waals surface area contributed by atoms with E-state index in [4.69, 9.17) is 21.0 Å². The van der Waals surface area contributed by atoms with Crippen LogP contribution in [-0.4, -0.2) is 0 Å². The molecule has 0 saturated carbocycles. The van der Waals surface area contributed by atoms with Gasteiger partial charge in [-0.3, -0.25) is 0 Å². The lowest BCUT2D eigenvalue weighted by atomic mass is 9.83. The minimum atomic E-state index is -1.06. The summed E-state index contributed by atoms with van der Waals surface area (Å²) in [6.45, 7) is 3.18. The zero-order valence-electron chi connectivity index (χ0n) is 11.5. The number of nitrogens with zero attached hydrogens (tertiary/aromatic N) is 4. The van der Waals surface area contributed by atoms with Gasteiger partial charge in [0, 0.05) is 12.8 Å². The molecule has 4 nitrogen and oxygen atoms in total. The maximum absolute atomic E-state index is 9.02. The highest BCUT2D eigenvalue weighted by atomic mass is 14.4. The van der Waals surface area contributed by atoms with E-state index in [1.165, 1.54) is 0 Å². The van der Waals surface area contributed by atoms with Crippen molar-refractivity contribution in [3.8, 4) is 24.3 Å². The van der Waals surface area contributed by atoms with Crippen LogP contribution in [0.25, 0.3) is 0 Å². The van der Waals surface area contributed by atoms with Gasteiger partial charge in [-0.15, -0.1) is 0 Å². The minimum absolute atomic E-state index is 0.323. The Labute approximate surface area is 119 Å². The second-order valence-electron chi connectivity index (χ2n) is 5.28. The molecule has 4 heteroatoms. The lowest BCUT2D eigenvalue weighted by Gasteiger charge is -2.15. The third-order valence-electron chi connectivity index (χ3n) is 3.09. The van der Waals surface area contributed by atoms with Crippen LogP contribution in [0.2, 0.25) is 0 Å². The lowest BCUT2D eigenvalue weighted by molar-refractivity contribution is 0.571.